The van der Waals surface area contributed by atoms with Crippen LogP contribution < -0.4 is 4.74 Å². The summed E-state index contributed by atoms with van der Waals surface area (Å²) in [4.78, 5) is 15.1. The van der Waals surface area contributed by atoms with E-state index < -0.39 is 5.97 Å². The monoisotopic (exact) mass is 249 g/mol. The summed E-state index contributed by atoms with van der Waals surface area (Å²) < 4.78 is 5.47. The first-order chi connectivity index (χ1) is 8.16. The lowest BCUT2D eigenvalue weighted by atomic mass is 10.2. The molecule has 0 radical (unpaired) electrons. The van der Waals surface area contributed by atoms with Crippen LogP contribution in [0.25, 0.3) is 0 Å². The maximum atomic E-state index is 10.9. The largest absolute Gasteiger partial charge is 0.487 e. The zero-order chi connectivity index (χ0) is 12.3. The Morgan fingerprint density at radius 3 is 3.06 bits per heavy atom. The van der Waals surface area contributed by atoms with E-state index in [4.69, 9.17) is 9.84 Å². The molecule has 4 nitrogen and oxygen atoms in total. The lowest BCUT2D eigenvalue weighted by Gasteiger charge is -2.05. The highest BCUT2D eigenvalue weighted by atomic mass is 32.1. The molecule has 0 aliphatic carbocycles. The fraction of sp³-hybridized carbons (Fsp3) is 0.167. The third-order valence-corrected chi connectivity index (χ3v) is 3.03. The van der Waals surface area contributed by atoms with Crippen LogP contribution in [-0.4, -0.2) is 16.1 Å². The van der Waals surface area contributed by atoms with Gasteiger partial charge in [-0.1, -0.05) is 0 Å². The molecule has 0 amide bonds. The smallest absolute Gasteiger partial charge is 0.349 e. The summed E-state index contributed by atoms with van der Waals surface area (Å²) in [7, 11) is 0. The summed E-state index contributed by atoms with van der Waals surface area (Å²) in [6, 6.07) is 3.62. The average molecular weight is 249 g/mol. The highest BCUT2D eigenvalue weighted by Crippen LogP contribution is 2.25. The number of hydrogen-bond acceptors (Lipinski definition) is 4. The van der Waals surface area contributed by atoms with Gasteiger partial charge in [-0.15, -0.1) is 11.3 Å². The van der Waals surface area contributed by atoms with Crippen LogP contribution >= 0.6 is 11.3 Å². The number of rotatable bonds is 4. The molecule has 1 N–H and O–H groups in total. The second kappa shape index (κ2) is 4.97. The Morgan fingerprint density at radius 1 is 1.53 bits per heavy atom. The molecule has 0 spiro atoms. The van der Waals surface area contributed by atoms with E-state index in [1.165, 1.54) is 0 Å². The van der Waals surface area contributed by atoms with Gasteiger partial charge in [0.1, 0.15) is 12.4 Å². The number of nitrogens with zero attached hydrogens (tertiary/aromatic N) is 1. The fourth-order valence-electron chi connectivity index (χ4n) is 1.42. The minimum absolute atomic E-state index is 0.227. The molecule has 17 heavy (non-hydrogen) atoms. The van der Waals surface area contributed by atoms with Gasteiger partial charge in [-0.3, -0.25) is 4.98 Å². The van der Waals surface area contributed by atoms with Gasteiger partial charge in [-0.05, 0) is 30.0 Å². The van der Waals surface area contributed by atoms with Crippen molar-refractivity contribution in [1.82, 2.24) is 4.98 Å². The Hall–Kier alpha value is -1.88. The first kappa shape index (κ1) is 11.6. The van der Waals surface area contributed by atoms with E-state index in [0.29, 0.717) is 12.4 Å². The lowest BCUT2D eigenvalue weighted by Crippen LogP contribution is -2.00. The number of carboxylic acid groups (broad SMARTS) is 1. The van der Waals surface area contributed by atoms with Crippen LogP contribution in [0, 0.1) is 6.92 Å². The van der Waals surface area contributed by atoms with E-state index >= 15 is 0 Å². The van der Waals surface area contributed by atoms with Crippen molar-refractivity contribution in [2.45, 2.75) is 13.5 Å². The molecule has 0 unspecified atom stereocenters. The molecule has 0 aliphatic rings. The standard InChI is InChI=1S/C12H11NO3S/c1-8-4-9(6-13-5-8)7-16-10-2-3-17-11(10)12(14)15/h2-6H,7H2,1H3,(H,14,15). The number of pyridine rings is 1. The predicted molar refractivity (Wildman–Crippen MR) is 64.6 cm³/mol. The topological polar surface area (TPSA) is 59.4 Å². The maximum absolute atomic E-state index is 10.9. The van der Waals surface area contributed by atoms with E-state index in [2.05, 4.69) is 4.98 Å². The average Bonchev–Trinajstić information content (AvgIpc) is 2.74. The van der Waals surface area contributed by atoms with Crippen LogP contribution in [0.5, 0.6) is 5.75 Å². The van der Waals surface area contributed by atoms with Gasteiger partial charge in [-0.25, -0.2) is 4.79 Å². The van der Waals surface area contributed by atoms with Gasteiger partial charge in [0, 0.05) is 18.0 Å². The molecular formula is C12H11NO3S. The molecule has 0 saturated heterocycles. The Morgan fingerprint density at radius 2 is 2.35 bits per heavy atom. The Bertz CT molecular complexity index is 536. The van der Waals surface area contributed by atoms with Gasteiger partial charge in [-0.2, -0.15) is 0 Å². The lowest BCUT2D eigenvalue weighted by molar-refractivity contribution is 0.0697. The molecule has 0 bridgehead atoms. The van der Waals surface area contributed by atoms with E-state index in [-0.39, 0.29) is 4.88 Å². The van der Waals surface area contributed by atoms with Gasteiger partial charge in [0.15, 0.2) is 4.88 Å². The minimum atomic E-state index is -0.961. The molecule has 0 atom stereocenters. The van der Waals surface area contributed by atoms with Gasteiger partial charge in [0.05, 0.1) is 0 Å². The summed E-state index contributed by atoms with van der Waals surface area (Å²) in [6.45, 7) is 2.27. The van der Waals surface area contributed by atoms with Crippen molar-refractivity contribution in [3.8, 4) is 5.75 Å². The first-order valence-electron chi connectivity index (χ1n) is 5.01. The summed E-state index contributed by atoms with van der Waals surface area (Å²) in [6.07, 6.45) is 3.47. The zero-order valence-electron chi connectivity index (χ0n) is 9.21. The number of aromatic nitrogens is 1. The Labute approximate surface area is 103 Å². The van der Waals surface area contributed by atoms with E-state index in [1.54, 1.807) is 23.8 Å². The van der Waals surface area contributed by atoms with Crippen molar-refractivity contribution in [1.29, 1.82) is 0 Å². The summed E-state index contributed by atoms with van der Waals surface area (Å²) in [5.74, 6) is -0.554. The summed E-state index contributed by atoms with van der Waals surface area (Å²) in [5, 5.41) is 10.6. The van der Waals surface area contributed by atoms with Crippen molar-refractivity contribution in [3.05, 3.63) is 45.9 Å². The molecule has 2 heterocycles. The SMILES string of the molecule is Cc1cncc(COc2ccsc2C(=O)O)c1. The third kappa shape index (κ3) is 2.82. The summed E-state index contributed by atoms with van der Waals surface area (Å²) >= 11 is 1.16. The molecule has 0 aromatic carbocycles. The number of aryl methyl sites for hydroxylation is 1. The van der Waals surface area contributed by atoms with Crippen LogP contribution in [0.2, 0.25) is 0 Å². The number of carbonyl (C=O) groups is 1. The van der Waals surface area contributed by atoms with Gasteiger partial charge >= 0.3 is 5.97 Å². The van der Waals surface area contributed by atoms with Gasteiger partial charge in [0.2, 0.25) is 0 Å². The molecule has 5 heteroatoms. The Kier molecular flexibility index (Phi) is 3.39. The highest BCUT2D eigenvalue weighted by molar-refractivity contribution is 7.12. The van der Waals surface area contributed by atoms with Crippen LogP contribution in [0.15, 0.2) is 29.9 Å². The van der Waals surface area contributed by atoms with Crippen molar-refractivity contribution >= 4 is 17.3 Å². The summed E-state index contributed by atoms with van der Waals surface area (Å²) in [5.41, 5.74) is 1.97. The quantitative estimate of drug-likeness (QED) is 0.905. The molecule has 2 rings (SSSR count). The number of hydrogen-bond donors (Lipinski definition) is 1. The molecule has 0 fully saturated rings. The normalized spacial score (nSPS) is 10.2. The van der Waals surface area contributed by atoms with Crippen molar-refractivity contribution in [3.63, 3.8) is 0 Å². The molecular weight excluding hydrogens is 238 g/mol. The first-order valence-corrected chi connectivity index (χ1v) is 5.89. The maximum Gasteiger partial charge on any atom is 0.349 e. The number of thiophene rings is 1. The van der Waals surface area contributed by atoms with Gasteiger partial charge in [0.25, 0.3) is 0 Å². The van der Waals surface area contributed by atoms with Crippen molar-refractivity contribution in [2.24, 2.45) is 0 Å². The van der Waals surface area contributed by atoms with E-state index in [9.17, 15) is 4.79 Å². The highest BCUT2D eigenvalue weighted by Gasteiger charge is 2.12. The number of aromatic carboxylic acids is 1. The van der Waals surface area contributed by atoms with Gasteiger partial charge < -0.3 is 9.84 Å². The third-order valence-electron chi connectivity index (χ3n) is 2.15. The van der Waals surface area contributed by atoms with Crippen molar-refractivity contribution in [2.75, 3.05) is 0 Å². The molecule has 2 aromatic rings. The van der Waals surface area contributed by atoms with E-state index in [0.717, 1.165) is 22.5 Å². The van der Waals surface area contributed by atoms with Crippen LogP contribution in [0.4, 0.5) is 0 Å². The van der Waals surface area contributed by atoms with Crippen LogP contribution in [0.3, 0.4) is 0 Å². The molecule has 2 aromatic heterocycles. The second-order valence-corrected chi connectivity index (χ2v) is 4.49. The Balaban J connectivity index is 2.07. The van der Waals surface area contributed by atoms with Crippen molar-refractivity contribution < 1.29 is 14.6 Å². The van der Waals surface area contributed by atoms with Crippen LogP contribution in [-0.2, 0) is 6.61 Å². The number of carboxylic acids is 1. The second-order valence-electron chi connectivity index (χ2n) is 3.58. The van der Waals surface area contributed by atoms with Crippen LogP contribution in [0.1, 0.15) is 20.8 Å². The molecule has 0 aliphatic heterocycles. The molecule has 0 saturated carbocycles. The minimum Gasteiger partial charge on any atom is -0.487 e. The zero-order valence-corrected chi connectivity index (χ0v) is 10.0. The predicted octanol–water partition coefficient (Wildman–Crippen LogP) is 2.73. The molecule has 88 valence electrons. The fourth-order valence-corrected chi connectivity index (χ4v) is 2.10. The number of ether oxygens (including phenoxy) is 1. The van der Waals surface area contributed by atoms with E-state index in [1.807, 2.05) is 13.0 Å².